The number of aliphatic hydroxyl groups is 1. The lowest BCUT2D eigenvalue weighted by molar-refractivity contribution is 0.0913. The first-order valence-corrected chi connectivity index (χ1v) is 6.98. The van der Waals surface area contributed by atoms with Crippen molar-refractivity contribution in [2.24, 2.45) is 0 Å². The number of hydrogen-bond acceptors (Lipinski definition) is 5. The molecule has 0 spiro atoms. The van der Waals surface area contributed by atoms with Crippen LogP contribution in [0.3, 0.4) is 0 Å². The van der Waals surface area contributed by atoms with Gasteiger partial charge in [0, 0.05) is 6.54 Å². The second-order valence-electron chi connectivity index (χ2n) is 4.21. The number of carbonyl (C=O) groups is 1. The fourth-order valence-electron chi connectivity index (χ4n) is 1.83. The second kappa shape index (κ2) is 6.40. The zero-order chi connectivity index (χ0) is 14.5. The molecule has 4 N–H and O–H groups in total. The average Bonchev–Trinajstić information content (AvgIpc) is 2.98. The van der Waals surface area contributed by atoms with Gasteiger partial charge in [0.2, 0.25) is 0 Å². The minimum Gasteiger partial charge on any atom is -0.494 e. The second-order valence-corrected chi connectivity index (χ2v) is 4.99. The molecule has 1 amide bonds. The first-order chi connectivity index (χ1) is 9.63. The summed E-state index contributed by atoms with van der Waals surface area (Å²) in [5, 5.41) is 16.3. The Balaban J connectivity index is 2.04. The summed E-state index contributed by atoms with van der Waals surface area (Å²) in [6.07, 6.45) is -0.725. The maximum Gasteiger partial charge on any atom is 0.255 e. The molecular formula is C14H16N2O3S. The summed E-state index contributed by atoms with van der Waals surface area (Å²) in [5.41, 5.74) is 7.29. The number of nitrogens with one attached hydrogen (secondary N) is 1. The zero-order valence-corrected chi connectivity index (χ0v) is 11.8. The number of ether oxygens (including phenoxy) is 1. The minimum absolute atomic E-state index is 0.132. The molecule has 0 aliphatic heterocycles. The molecule has 1 atom stereocenters. The molecule has 0 fully saturated rings. The number of methoxy groups -OCH3 is 1. The predicted octanol–water partition coefficient (Wildman–Crippen LogP) is 1.80. The molecule has 1 heterocycles. The Hall–Kier alpha value is -2.05. The summed E-state index contributed by atoms with van der Waals surface area (Å²) in [4.78, 5) is 12.1. The number of hydrogen-bond donors (Lipinski definition) is 3. The molecule has 0 saturated carbocycles. The van der Waals surface area contributed by atoms with E-state index in [1.807, 2.05) is 16.8 Å². The van der Waals surface area contributed by atoms with Crippen molar-refractivity contribution < 1.29 is 14.6 Å². The van der Waals surface area contributed by atoms with E-state index in [4.69, 9.17) is 10.5 Å². The van der Waals surface area contributed by atoms with Crippen LogP contribution < -0.4 is 15.8 Å². The van der Waals surface area contributed by atoms with E-state index in [-0.39, 0.29) is 12.5 Å². The van der Waals surface area contributed by atoms with E-state index in [1.54, 1.807) is 18.2 Å². The van der Waals surface area contributed by atoms with Gasteiger partial charge in [-0.25, -0.2) is 0 Å². The first kappa shape index (κ1) is 14.4. The highest BCUT2D eigenvalue weighted by Crippen LogP contribution is 2.25. The van der Waals surface area contributed by atoms with Crippen molar-refractivity contribution in [3.63, 3.8) is 0 Å². The molecule has 0 bridgehead atoms. The number of anilines is 1. The van der Waals surface area contributed by atoms with Gasteiger partial charge in [0.05, 0.1) is 24.5 Å². The van der Waals surface area contributed by atoms with Gasteiger partial charge in [0.15, 0.2) is 5.75 Å². The van der Waals surface area contributed by atoms with Gasteiger partial charge in [-0.15, -0.1) is 0 Å². The number of benzene rings is 1. The summed E-state index contributed by atoms with van der Waals surface area (Å²) in [7, 11) is 1.46. The zero-order valence-electron chi connectivity index (χ0n) is 11.0. The van der Waals surface area contributed by atoms with Gasteiger partial charge in [-0.05, 0) is 34.5 Å². The Morgan fingerprint density at radius 2 is 2.30 bits per heavy atom. The Kier molecular flexibility index (Phi) is 4.60. The normalized spacial score (nSPS) is 11.9. The van der Waals surface area contributed by atoms with Crippen molar-refractivity contribution in [3.05, 3.63) is 46.2 Å². The minimum atomic E-state index is -0.725. The van der Waals surface area contributed by atoms with Crippen LogP contribution in [0.4, 0.5) is 5.69 Å². The summed E-state index contributed by atoms with van der Waals surface area (Å²) in [5.74, 6) is 0.0125. The van der Waals surface area contributed by atoms with Crippen molar-refractivity contribution >= 4 is 22.9 Å². The average molecular weight is 292 g/mol. The molecule has 20 heavy (non-hydrogen) atoms. The number of nitrogens with two attached hydrogens (primary N) is 1. The fourth-order valence-corrected chi connectivity index (χ4v) is 2.54. The molecule has 106 valence electrons. The highest BCUT2D eigenvalue weighted by molar-refractivity contribution is 7.07. The van der Waals surface area contributed by atoms with E-state index in [0.29, 0.717) is 17.0 Å². The van der Waals surface area contributed by atoms with E-state index < -0.39 is 6.10 Å². The largest absolute Gasteiger partial charge is 0.494 e. The van der Waals surface area contributed by atoms with Crippen LogP contribution in [0.5, 0.6) is 5.75 Å². The fraction of sp³-hybridized carbons (Fsp3) is 0.214. The van der Waals surface area contributed by atoms with E-state index in [2.05, 4.69) is 5.32 Å². The summed E-state index contributed by atoms with van der Waals surface area (Å²) in [6, 6.07) is 6.79. The van der Waals surface area contributed by atoms with Crippen LogP contribution in [0, 0.1) is 0 Å². The maximum atomic E-state index is 12.1. The molecule has 6 heteroatoms. The molecule has 0 saturated heterocycles. The first-order valence-electron chi connectivity index (χ1n) is 6.04. The number of thiophene rings is 1. The van der Waals surface area contributed by atoms with E-state index >= 15 is 0 Å². The third-order valence-corrected chi connectivity index (χ3v) is 3.58. The Labute approximate surface area is 121 Å². The highest BCUT2D eigenvalue weighted by Gasteiger charge is 2.16. The van der Waals surface area contributed by atoms with Crippen LogP contribution in [-0.2, 0) is 0 Å². The number of para-hydroxylation sites is 1. The van der Waals surface area contributed by atoms with Crippen molar-refractivity contribution in [1.29, 1.82) is 0 Å². The highest BCUT2D eigenvalue weighted by atomic mass is 32.1. The quantitative estimate of drug-likeness (QED) is 0.734. The van der Waals surface area contributed by atoms with Crippen molar-refractivity contribution in [2.45, 2.75) is 6.10 Å². The molecule has 0 radical (unpaired) electrons. The van der Waals surface area contributed by atoms with Gasteiger partial charge in [0.1, 0.15) is 0 Å². The molecule has 2 aromatic rings. The summed E-state index contributed by atoms with van der Waals surface area (Å²) >= 11 is 1.50. The lowest BCUT2D eigenvalue weighted by Crippen LogP contribution is -2.28. The van der Waals surface area contributed by atoms with Crippen molar-refractivity contribution in [2.75, 3.05) is 19.4 Å². The topological polar surface area (TPSA) is 84.6 Å². The molecule has 0 aliphatic carbocycles. The lowest BCUT2D eigenvalue weighted by Gasteiger charge is -2.13. The van der Waals surface area contributed by atoms with Gasteiger partial charge < -0.3 is 20.9 Å². The predicted molar refractivity (Wildman–Crippen MR) is 79.0 cm³/mol. The van der Waals surface area contributed by atoms with Crippen LogP contribution in [0.25, 0.3) is 0 Å². The van der Waals surface area contributed by atoms with Gasteiger partial charge in [0.25, 0.3) is 5.91 Å². The molecule has 5 nitrogen and oxygen atoms in total. The Morgan fingerprint density at radius 1 is 1.50 bits per heavy atom. The van der Waals surface area contributed by atoms with Crippen LogP contribution >= 0.6 is 11.3 Å². The standard InChI is InChI=1S/C14H16N2O3S/c1-19-13-10(3-2-4-11(13)15)14(18)16-7-12(17)9-5-6-20-8-9/h2-6,8,12,17H,7,15H2,1H3,(H,16,18). The molecule has 1 aromatic carbocycles. The number of aliphatic hydroxyl groups excluding tert-OH is 1. The smallest absolute Gasteiger partial charge is 0.255 e. The third kappa shape index (κ3) is 3.09. The number of carbonyl (C=O) groups excluding carboxylic acids is 1. The SMILES string of the molecule is COc1c(N)cccc1C(=O)NCC(O)c1ccsc1. The van der Waals surface area contributed by atoms with E-state index in [0.717, 1.165) is 5.56 Å². The van der Waals surface area contributed by atoms with Crippen LogP contribution in [-0.4, -0.2) is 24.7 Å². The molecular weight excluding hydrogens is 276 g/mol. The molecule has 1 aromatic heterocycles. The molecule has 1 unspecified atom stereocenters. The monoisotopic (exact) mass is 292 g/mol. The van der Waals surface area contributed by atoms with E-state index in [9.17, 15) is 9.90 Å². The van der Waals surface area contributed by atoms with Crippen LogP contribution in [0.15, 0.2) is 35.0 Å². The van der Waals surface area contributed by atoms with Gasteiger partial charge in [-0.3, -0.25) is 4.79 Å². The number of nitrogen functional groups attached to an aromatic ring is 1. The van der Waals surface area contributed by atoms with Crippen LogP contribution in [0.2, 0.25) is 0 Å². The molecule has 2 rings (SSSR count). The van der Waals surface area contributed by atoms with E-state index in [1.165, 1.54) is 18.4 Å². The van der Waals surface area contributed by atoms with Gasteiger partial charge >= 0.3 is 0 Å². The Bertz CT molecular complexity index is 584. The third-order valence-electron chi connectivity index (χ3n) is 2.88. The van der Waals surface area contributed by atoms with Crippen molar-refractivity contribution in [3.8, 4) is 5.75 Å². The Morgan fingerprint density at radius 3 is 2.95 bits per heavy atom. The molecule has 0 aliphatic rings. The van der Waals surface area contributed by atoms with Crippen molar-refractivity contribution in [1.82, 2.24) is 5.32 Å². The number of rotatable bonds is 5. The summed E-state index contributed by atoms with van der Waals surface area (Å²) < 4.78 is 5.13. The lowest BCUT2D eigenvalue weighted by atomic mass is 10.1. The van der Waals surface area contributed by atoms with Gasteiger partial charge in [-0.2, -0.15) is 11.3 Å². The maximum absolute atomic E-state index is 12.1. The van der Waals surface area contributed by atoms with Gasteiger partial charge in [-0.1, -0.05) is 6.07 Å². The van der Waals surface area contributed by atoms with Crippen LogP contribution in [0.1, 0.15) is 22.0 Å². The number of amides is 1. The summed E-state index contributed by atoms with van der Waals surface area (Å²) in [6.45, 7) is 0.132.